The minimum atomic E-state index is -0.870. The van der Waals surface area contributed by atoms with Crippen LogP contribution >= 0.6 is 0 Å². The topological polar surface area (TPSA) is 55.8 Å². The van der Waals surface area contributed by atoms with Gasteiger partial charge >= 0.3 is 5.97 Å². The summed E-state index contributed by atoms with van der Waals surface area (Å²) in [6, 6.07) is 30.2. The average molecular weight is 419 g/mol. The summed E-state index contributed by atoms with van der Waals surface area (Å²) < 4.78 is 12.3. The van der Waals surface area contributed by atoms with Gasteiger partial charge in [0.2, 0.25) is 0 Å². The third-order valence-electron chi connectivity index (χ3n) is 5.34. The summed E-state index contributed by atoms with van der Waals surface area (Å²) in [4.78, 5) is 11.7. The van der Waals surface area contributed by atoms with Crippen LogP contribution < -0.4 is 0 Å². The summed E-state index contributed by atoms with van der Waals surface area (Å²) in [6.07, 6.45) is 0.0556. The summed E-state index contributed by atoms with van der Waals surface area (Å²) in [6.45, 7) is 3.55. The van der Waals surface area contributed by atoms with Gasteiger partial charge in [0.1, 0.15) is 11.7 Å². The van der Waals surface area contributed by atoms with Gasteiger partial charge in [-0.3, -0.25) is 4.79 Å². The van der Waals surface area contributed by atoms with Crippen LogP contribution in [0.3, 0.4) is 0 Å². The molecule has 0 radical (unpaired) electrons. The Balaban J connectivity index is 2.08. The molecule has 3 aromatic carbocycles. The van der Waals surface area contributed by atoms with Crippen LogP contribution in [0.5, 0.6) is 0 Å². The molecular weight excluding hydrogens is 388 g/mol. The van der Waals surface area contributed by atoms with Gasteiger partial charge in [0.15, 0.2) is 0 Å². The molecule has 0 aliphatic carbocycles. The lowest BCUT2D eigenvalue weighted by Crippen LogP contribution is -2.37. The second kappa shape index (κ2) is 10.9. The minimum Gasteiger partial charge on any atom is -0.460 e. The van der Waals surface area contributed by atoms with E-state index in [4.69, 9.17) is 9.47 Å². The molecule has 0 spiro atoms. The van der Waals surface area contributed by atoms with Gasteiger partial charge in [-0.25, -0.2) is 0 Å². The first kappa shape index (κ1) is 22.7. The Morgan fingerprint density at radius 3 is 1.61 bits per heavy atom. The summed E-state index contributed by atoms with van der Waals surface area (Å²) in [5, 5.41) is 9.50. The van der Waals surface area contributed by atoms with Crippen molar-refractivity contribution in [1.29, 1.82) is 0 Å². The van der Waals surface area contributed by atoms with Gasteiger partial charge in [0.05, 0.1) is 6.61 Å². The molecule has 31 heavy (non-hydrogen) atoms. The minimum absolute atomic E-state index is 0.00692. The monoisotopic (exact) mass is 418 g/mol. The number of hydrogen-bond acceptors (Lipinski definition) is 4. The van der Waals surface area contributed by atoms with Crippen LogP contribution in [0.25, 0.3) is 0 Å². The van der Waals surface area contributed by atoms with Gasteiger partial charge in [-0.05, 0) is 29.0 Å². The number of carbonyl (C=O) groups excluding carboxylic acids is 1. The maximum atomic E-state index is 11.7. The molecule has 0 heterocycles. The summed E-state index contributed by atoms with van der Waals surface area (Å²) >= 11 is 0. The molecule has 162 valence electrons. The van der Waals surface area contributed by atoms with Crippen LogP contribution in [0.1, 0.15) is 37.0 Å². The Morgan fingerprint density at radius 2 is 1.26 bits per heavy atom. The Labute approximate surface area is 184 Å². The lowest BCUT2D eigenvalue weighted by atomic mass is 9.80. The fraction of sp³-hybridized carbons (Fsp3) is 0.296. The SMILES string of the molecule is CC(=O)O[C@@H](COC(c1ccccc1)(c1ccccc1)c1ccccc1)C[C@H](C)CO. The van der Waals surface area contributed by atoms with E-state index >= 15 is 0 Å². The van der Waals surface area contributed by atoms with Crippen molar-refractivity contribution in [2.75, 3.05) is 13.2 Å². The predicted octanol–water partition coefficient (Wildman–Crippen LogP) is 4.95. The van der Waals surface area contributed by atoms with Crippen molar-refractivity contribution in [2.45, 2.75) is 32.0 Å². The number of aliphatic hydroxyl groups excluding tert-OH is 1. The van der Waals surface area contributed by atoms with E-state index < -0.39 is 11.7 Å². The van der Waals surface area contributed by atoms with Crippen molar-refractivity contribution >= 4 is 5.97 Å². The molecule has 0 aliphatic heterocycles. The second-order valence-electron chi connectivity index (χ2n) is 7.85. The van der Waals surface area contributed by atoms with Crippen LogP contribution in [-0.4, -0.2) is 30.4 Å². The number of benzene rings is 3. The molecule has 0 aromatic heterocycles. The number of carbonyl (C=O) groups is 1. The molecule has 4 heteroatoms. The van der Waals surface area contributed by atoms with Crippen molar-refractivity contribution in [3.8, 4) is 0 Å². The highest BCUT2D eigenvalue weighted by Crippen LogP contribution is 2.40. The molecular formula is C27H30O4. The standard InChI is InChI=1S/C27H30O4/c1-21(19-28)18-26(31-22(2)29)20-30-27(23-12-6-3-7-13-23,24-14-8-4-9-15-24)25-16-10-5-11-17-25/h3-17,21,26,28H,18-20H2,1-2H3/t21-,26+/m0/s1. The number of hydrogen-bond donors (Lipinski definition) is 1. The molecule has 0 aliphatic rings. The Bertz CT molecular complexity index is 829. The van der Waals surface area contributed by atoms with E-state index in [-0.39, 0.29) is 25.1 Å². The number of rotatable bonds is 10. The molecule has 0 fully saturated rings. The van der Waals surface area contributed by atoms with Crippen LogP contribution in [0.15, 0.2) is 91.0 Å². The van der Waals surface area contributed by atoms with E-state index in [2.05, 4.69) is 36.4 Å². The van der Waals surface area contributed by atoms with Crippen molar-refractivity contribution in [2.24, 2.45) is 5.92 Å². The maximum absolute atomic E-state index is 11.7. The van der Waals surface area contributed by atoms with Gasteiger partial charge in [0.25, 0.3) is 0 Å². The van der Waals surface area contributed by atoms with E-state index in [9.17, 15) is 9.90 Å². The number of aliphatic hydroxyl groups is 1. The molecule has 3 rings (SSSR count). The molecule has 2 atom stereocenters. The van der Waals surface area contributed by atoms with Gasteiger partial charge in [-0.15, -0.1) is 0 Å². The summed E-state index contributed by atoms with van der Waals surface area (Å²) in [7, 11) is 0. The van der Waals surface area contributed by atoms with Crippen LogP contribution in [0.2, 0.25) is 0 Å². The smallest absolute Gasteiger partial charge is 0.302 e. The van der Waals surface area contributed by atoms with Gasteiger partial charge < -0.3 is 14.6 Å². The van der Waals surface area contributed by atoms with E-state index in [1.54, 1.807) is 0 Å². The molecule has 4 nitrogen and oxygen atoms in total. The van der Waals surface area contributed by atoms with Crippen molar-refractivity contribution < 1.29 is 19.4 Å². The summed E-state index contributed by atoms with van der Waals surface area (Å²) in [5.41, 5.74) is 2.10. The first-order valence-electron chi connectivity index (χ1n) is 10.6. The Morgan fingerprint density at radius 1 is 0.839 bits per heavy atom. The van der Waals surface area contributed by atoms with Crippen LogP contribution in [0, 0.1) is 5.92 Å². The zero-order valence-electron chi connectivity index (χ0n) is 18.1. The molecule has 3 aromatic rings. The molecule has 0 bridgehead atoms. The quantitative estimate of drug-likeness (QED) is 0.374. The first-order chi connectivity index (χ1) is 15.1. The van der Waals surface area contributed by atoms with E-state index in [0.29, 0.717) is 6.42 Å². The highest BCUT2D eigenvalue weighted by Gasteiger charge is 2.38. The second-order valence-corrected chi connectivity index (χ2v) is 7.85. The molecule has 0 saturated heterocycles. The average Bonchev–Trinajstić information content (AvgIpc) is 2.81. The fourth-order valence-electron chi connectivity index (χ4n) is 3.89. The number of ether oxygens (including phenoxy) is 2. The van der Waals surface area contributed by atoms with E-state index in [1.165, 1.54) is 6.92 Å². The van der Waals surface area contributed by atoms with Crippen molar-refractivity contribution in [1.82, 2.24) is 0 Å². The molecule has 1 N–H and O–H groups in total. The number of esters is 1. The Hall–Kier alpha value is -2.95. The zero-order valence-corrected chi connectivity index (χ0v) is 18.1. The van der Waals surface area contributed by atoms with Crippen molar-refractivity contribution in [3.05, 3.63) is 108 Å². The van der Waals surface area contributed by atoms with Crippen LogP contribution in [0.4, 0.5) is 0 Å². The van der Waals surface area contributed by atoms with Gasteiger partial charge in [0, 0.05) is 13.5 Å². The normalized spacial score (nSPS) is 13.4. The lowest BCUT2D eigenvalue weighted by Gasteiger charge is -2.37. The third-order valence-corrected chi connectivity index (χ3v) is 5.34. The Kier molecular flexibility index (Phi) is 7.99. The molecule has 0 amide bonds. The van der Waals surface area contributed by atoms with Crippen LogP contribution in [-0.2, 0) is 19.9 Å². The van der Waals surface area contributed by atoms with Crippen molar-refractivity contribution in [3.63, 3.8) is 0 Å². The van der Waals surface area contributed by atoms with Gasteiger partial charge in [-0.1, -0.05) is 97.9 Å². The predicted molar refractivity (Wildman–Crippen MR) is 122 cm³/mol. The highest BCUT2D eigenvalue weighted by molar-refractivity contribution is 5.66. The zero-order chi connectivity index (χ0) is 22.1. The third kappa shape index (κ3) is 5.60. The highest BCUT2D eigenvalue weighted by atomic mass is 16.6. The molecule has 0 unspecified atom stereocenters. The largest absolute Gasteiger partial charge is 0.460 e. The lowest BCUT2D eigenvalue weighted by molar-refractivity contribution is -0.153. The van der Waals surface area contributed by atoms with E-state index in [1.807, 2.05) is 61.5 Å². The maximum Gasteiger partial charge on any atom is 0.302 e. The van der Waals surface area contributed by atoms with Gasteiger partial charge in [-0.2, -0.15) is 0 Å². The van der Waals surface area contributed by atoms with E-state index in [0.717, 1.165) is 16.7 Å². The summed E-state index contributed by atoms with van der Waals surface area (Å²) in [5.74, 6) is -0.365. The molecule has 0 saturated carbocycles. The fourth-order valence-corrected chi connectivity index (χ4v) is 3.89. The first-order valence-corrected chi connectivity index (χ1v) is 10.6.